The van der Waals surface area contributed by atoms with Gasteiger partial charge in [0.25, 0.3) is 0 Å². The van der Waals surface area contributed by atoms with Crippen molar-refractivity contribution in [3.05, 3.63) is 60.8 Å². The van der Waals surface area contributed by atoms with Crippen LogP contribution in [-0.4, -0.2) is 142 Å². The van der Waals surface area contributed by atoms with Gasteiger partial charge in [-0.1, -0.05) is 126 Å². The molecule has 0 spiro atoms. The lowest BCUT2D eigenvalue weighted by atomic mass is 9.98. The van der Waals surface area contributed by atoms with Gasteiger partial charge in [-0.15, -0.1) is 0 Å². The molecule has 7 N–H and O–H groups in total. The average molecular weight is 897 g/mol. The van der Waals surface area contributed by atoms with Crippen molar-refractivity contribution in [2.75, 3.05) is 33.0 Å². The number of unbranched alkanes of at least 4 members (excludes halogenated alkanes) is 12. The second-order valence-electron chi connectivity index (χ2n) is 16.5. The van der Waals surface area contributed by atoms with Crippen molar-refractivity contribution in [1.29, 1.82) is 0 Å². The molecule has 2 saturated heterocycles. The third-order valence-electron chi connectivity index (χ3n) is 11.0. The Balaban J connectivity index is 1.83. The molecular weight excluding hydrogens is 813 g/mol. The molecule has 2 heterocycles. The van der Waals surface area contributed by atoms with Gasteiger partial charge in [-0.2, -0.15) is 0 Å². The van der Waals surface area contributed by atoms with Gasteiger partial charge in [0.1, 0.15) is 54.9 Å². The van der Waals surface area contributed by atoms with Crippen LogP contribution in [-0.2, 0) is 33.2 Å². The Morgan fingerprint density at radius 1 is 0.540 bits per heavy atom. The standard InChI is InChI=1S/C49H84O14/c1-3-5-7-9-11-13-15-17-19-20-22-24-26-28-30-32-41(51)61-38(35-58-33-31-29-27-25-23-21-18-16-14-12-10-8-6-4-2)36-59-48-47(57)45(55)43(53)40(63-48)37-60-49-46(56)44(54)42(52)39(34-50)62-49/h6,8,12,14,17-19,21,25,27,38-40,42-50,52-57H,3-5,7,9-11,13,15-16,20,22-24,26,28-37H2,1-2H3/b8-6-,14-12-,19-17-,21-18-,27-25-. The van der Waals surface area contributed by atoms with Gasteiger partial charge in [0.2, 0.25) is 0 Å². The van der Waals surface area contributed by atoms with Crippen LogP contribution in [0.15, 0.2) is 60.8 Å². The number of hydrogen-bond donors (Lipinski definition) is 7. The Hall–Kier alpha value is -2.31. The fraction of sp³-hybridized carbons (Fsp3) is 0.776. The highest BCUT2D eigenvalue weighted by atomic mass is 16.7. The van der Waals surface area contributed by atoms with Crippen LogP contribution in [0.3, 0.4) is 0 Å². The van der Waals surface area contributed by atoms with Gasteiger partial charge < -0.3 is 64.2 Å². The molecule has 2 aliphatic heterocycles. The number of rotatable bonds is 36. The van der Waals surface area contributed by atoms with Gasteiger partial charge in [-0.3, -0.25) is 4.79 Å². The summed E-state index contributed by atoms with van der Waals surface area (Å²) in [5.41, 5.74) is 0. The third kappa shape index (κ3) is 25.3. The molecule has 2 aliphatic rings. The average Bonchev–Trinajstić information content (AvgIpc) is 3.28. The molecule has 364 valence electrons. The summed E-state index contributed by atoms with van der Waals surface area (Å²) in [6.45, 7) is 3.38. The van der Waals surface area contributed by atoms with Crippen LogP contribution >= 0.6 is 0 Å². The highest BCUT2D eigenvalue weighted by Crippen LogP contribution is 2.26. The van der Waals surface area contributed by atoms with E-state index in [0.29, 0.717) is 13.0 Å². The van der Waals surface area contributed by atoms with E-state index in [4.69, 9.17) is 28.4 Å². The zero-order valence-electron chi connectivity index (χ0n) is 38.3. The number of carbonyl (C=O) groups is 1. The number of aliphatic hydroxyl groups excluding tert-OH is 7. The third-order valence-corrected chi connectivity index (χ3v) is 11.0. The lowest BCUT2D eigenvalue weighted by Gasteiger charge is -2.42. The largest absolute Gasteiger partial charge is 0.457 e. The summed E-state index contributed by atoms with van der Waals surface area (Å²) in [5.74, 6) is -0.406. The predicted molar refractivity (Wildman–Crippen MR) is 242 cm³/mol. The molecule has 0 aliphatic carbocycles. The van der Waals surface area contributed by atoms with E-state index in [2.05, 4.69) is 74.6 Å². The van der Waals surface area contributed by atoms with Crippen molar-refractivity contribution in [2.24, 2.45) is 0 Å². The minimum atomic E-state index is -1.72. The molecule has 11 atom stereocenters. The number of carbonyl (C=O) groups excluding carboxylic acids is 1. The Kier molecular flexibility index (Phi) is 33.2. The summed E-state index contributed by atoms with van der Waals surface area (Å²) in [7, 11) is 0. The van der Waals surface area contributed by atoms with Gasteiger partial charge in [-0.05, 0) is 70.6 Å². The molecule has 0 aromatic carbocycles. The summed E-state index contributed by atoms with van der Waals surface area (Å²) >= 11 is 0. The van der Waals surface area contributed by atoms with E-state index < -0.39 is 86.7 Å². The van der Waals surface area contributed by atoms with Crippen LogP contribution in [0.4, 0.5) is 0 Å². The minimum absolute atomic E-state index is 0.0178. The van der Waals surface area contributed by atoms with E-state index in [0.717, 1.165) is 77.0 Å². The first-order valence-electron chi connectivity index (χ1n) is 23.9. The van der Waals surface area contributed by atoms with Gasteiger partial charge in [-0.25, -0.2) is 0 Å². The number of ether oxygens (including phenoxy) is 6. The van der Waals surface area contributed by atoms with Gasteiger partial charge >= 0.3 is 5.97 Å². The highest BCUT2D eigenvalue weighted by molar-refractivity contribution is 5.69. The van der Waals surface area contributed by atoms with Gasteiger partial charge in [0.15, 0.2) is 12.6 Å². The molecule has 2 fully saturated rings. The van der Waals surface area contributed by atoms with Crippen molar-refractivity contribution < 1.29 is 69.0 Å². The lowest BCUT2D eigenvalue weighted by Crippen LogP contribution is -2.61. The van der Waals surface area contributed by atoms with E-state index in [-0.39, 0.29) is 19.6 Å². The maximum absolute atomic E-state index is 13.0. The van der Waals surface area contributed by atoms with Crippen LogP contribution in [0.25, 0.3) is 0 Å². The molecular formula is C49H84O14. The number of hydrogen-bond acceptors (Lipinski definition) is 14. The first-order chi connectivity index (χ1) is 30.6. The van der Waals surface area contributed by atoms with E-state index in [1.165, 1.54) is 38.5 Å². The molecule has 0 aromatic rings. The fourth-order valence-corrected chi connectivity index (χ4v) is 7.11. The zero-order valence-corrected chi connectivity index (χ0v) is 38.3. The van der Waals surface area contributed by atoms with Crippen LogP contribution in [0, 0.1) is 0 Å². The topological polar surface area (TPSA) is 214 Å². The SMILES string of the molecule is CC/C=C\C/C=C\C/C=C\C/C=C\CCCOCC(COC1OC(COC2OC(CO)C(O)C(O)C2O)C(O)C(O)C1O)OC(=O)CCCCCCC/C=C\CCCCCCCC. The maximum Gasteiger partial charge on any atom is 0.306 e. The molecule has 2 rings (SSSR count). The fourth-order valence-electron chi connectivity index (χ4n) is 7.11. The lowest BCUT2D eigenvalue weighted by molar-refractivity contribution is -0.332. The van der Waals surface area contributed by atoms with E-state index in [1.54, 1.807) is 0 Å². The van der Waals surface area contributed by atoms with E-state index >= 15 is 0 Å². The molecule has 11 unspecified atom stereocenters. The predicted octanol–water partition coefficient (Wildman–Crippen LogP) is 6.18. The Bertz CT molecular complexity index is 1270. The van der Waals surface area contributed by atoms with Crippen LogP contribution in [0.2, 0.25) is 0 Å². The second kappa shape index (κ2) is 36.9. The molecule has 0 bridgehead atoms. The highest BCUT2D eigenvalue weighted by Gasteiger charge is 2.47. The normalized spacial score (nSPS) is 27.5. The summed E-state index contributed by atoms with van der Waals surface area (Å²) in [6.07, 6.45) is 25.9. The number of allylic oxidation sites excluding steroid dienone is 10. The monoisotopic (exact) mass is 897 g/mol. The van der Waals surface area contributed by atoms with Crippen molar-refractivity contribution in [3.8, 4) is 0 Å². The second-order valence-corrected chi connectivity index (χ2v) is 16.5. The van der Waals surface area contributed by atoms with Crippen molar-refractivity contribution in [3.63, 3.8) is 0 Å². The van der Waals surface area contributed by atoms with Gasteiger partial charge in [0, 0.05) is 13.0 Å². The van der Waals surface area contributed by atoms with Crippen molar-refractivity contribution in [1.82, 2.24) is 0 Å². The summed E-state index contributed by atoms with van der Waals surface area (Å²) in [5, 5.41) is 72.0. The smallest absolute Gasteiger partial charge is 0.306 e. The maximum atomic E-state index is 13.0. The van der Waals surface area contributed by atoms with E-state index in [1.807, 2.05) is 0 Å². The molecule has 0 amide bonds. The zero-order chi connectivity index (χ0) is 45.9. The Morgan fingerprint density at radius 2 is 1.03 bits per heavy atom. The Labute approximate surface area is 377 Å². The first kappa shape index (κ1) is 56.8. The van der Waals surface area contributed by atoms with Crippen LogP contribution in [0.5, 0.6) is 0 Å². The summed E-state index contributed by atoms with van der Waals surface area (Å²) in [4.78, 5) is 13.0. The van der Waals surface area contributed by atoms with E-state index in [9.17, 15) is 40.5 Å². The summed E-state index contributed by atoms with van der Waals surface area (Å²) < 4.78 is 34.1. The van der Waals surface area contributed by atoms with Crippen molar-refractivity contribution >= 4 is 5.97 Å². The van der Waals surface area contributed by atoms with Crippen LogP contribution in [0.1, 0.15) is 142 Å². The first-order valence-corrected chi connectivity index (χ1v) is 23.9. The number of esters is 1. The molecule has 0 saturated carbocycles. The van der Waals surface area contributed by atoms with Crippen molar-refractivity contribution in [2.45, 2.75) is 210 Å². The van der Waals surface area contributed by atoms with Crippen LogP contribution < -0.4 is 0 Å². The quantitative estimate of drug-likeness (QED) is 0.0213. The molecule has 14 nitrogen and oxygen atoms in total. The number of aliphatic hydroxyl groups is 7. The Morgan fingerprint density at radius 3 is 1.63 bits per heavy atom. The van der Waals surface area contributed by atoms with Gasteiger partial charge in [0.05, 0.1) is 26.4 Å². The molecule has 14 heteroatoms. The molecule has 63 heavy (non-hydrogen) atoms. The molecule has 0 radical (unpaired) electrons. The minimum Gasteiger partial charge on any atom is -0.457 e. The molecule has 0 aromatic heterocycles. The summed E-state index contributed by atoms with van der Waals surface area (Å²) in [6, 6.07) is 0.